The van der Waals surface area contributed by atoms with E-state index < -0.39 is 11.7 Å². The Labute approximate surface area is 126 Å². The van der Waals surface area contributed by atoms with E-state index in [9.17, 15) is 9.18 Å². The van der Waals surface area contributed by atoms with Crippen LogP contribution in [0.3, 0.4) is 0 Å². The molecule has 0 saturated carbocycles. The first-order valence-corrected chi connectivity index (χ1v) is 6.60. The van der Waals surface area contributed by atoms with Crippen molar-refractivity contribution in [3.8, 4) is 0 Å². The summed E-state index contributed by atoms with van der Waals surface area (Å²) in [6, 6.07) is 5.75. The minimum Gasteiger partial charge on any atom is -0.318 e. The normalized spacial score (nSPS) is 10.3. The first kappa shape index (κ1) is 14.2. The molecule has 1 N–H and O–H groups in total. The number of benzene rings is 1. The van der Waals surface area contributed by atoms with Crippen LogP contribution in [0.15, 0.2) is 34.9 Å². The van der Waals surface area contributed by atoms with E-state index in [1.807, 2.05) is 0 Å². The summed E-state index contributed by atoms with van der Waals surface area (Å²) in [6.45, 7) is 0. The summed E-state index contributed by atoms with van der Waals surface area (Å²) in [5.74, 6) is -1.08. The Morgan fingerprint density at radius 2 is 2.11 bits per heavy atom. The highest BCUT2D eigenvalue weighted by Crippen LogP contribution is 2.26. The smallest absolute Gasteiger partial charge is 0.257 e. The number of carbonyl (C=O) groups is 1. The Morgan fingerprint density at radius 3 is 2.74 bits per heavy atom. The van der Waals surface area contributed by atoms with Crippen LogP contribution in [0, 0.1) is 5.82 Å². The first-order valence-electron chi connectivity index (χ1n) is 5.05. The topological polar surface area (TPSA) is 42.0 Å². The summed E-state index contributed by atoms with van der Waals surface area (Å²) in [6.07, 6.45) is 1.26. The summed E-state index contributed by atoms with van der Waals surface area (Å²) < 4.78 is 14.0. The highest BCUT2D eigenvalue weighted by molar-refractivity contribution is 9.10. The molecule has 98 valence electrons. The van der Waals surface area contributed by atoms with Gasteiger partial charge in [-0.3, -0.25) is 4.79 Å². The molecule has 1 heterocycles. The highest BCUT2D eigenvalue weighted by Gasteiger charge is 2.13. The molecule has 0 fully saturated rings. The molecule has 0 aliphatic heterocycles. The van der Waals surface area contributed by atoms with E-state index in [4.69, 9.17) is 23.2 Å². The standard InChI is InChI=1S/C12H6BrCl2FN2O/c13-7-2-1-3-9(16)10(7)18-12(19)6-4-8(14)11(15)17-5-6/h1-5H,(H,18,19). The van der Waals surface area contributed by atoms with Gasteiger partial charge >= 0.3 is 0 Å². The molecule has 0 atom stereocenters. The van der Waals surface area contributed by atoms with Crippen LogP contribution >= 0.6 is 39.1 Å². The van der Waals surface area contributed by atoms with Crippen LogP contribution in [0.1, 0.15) is 10.4 Å². The molecule has 1 amide bonds. The van der Waals surface area contributed by atoms with Gasteiger partial charge in [-0.05, 0) is 34.1 Å². The minimum absolute atomic E-state index is 0.0542. The van der Waals surface area contributed by atoms with E-state index in [-0.39, 0.29) is 21.4 Å². The second-order valence-corrected chi connectivity index (χ2v) is 5.17. The summed E-state index contributed by atoms with van der Waals surface area (Å²) in [7, 11) is 0. The van der Waals surface area contributed by atoms with Gasteiger partial charge in [-0.2, -0.15) is 0 Å². The summed E-state index contributed by atoms with van der Waals surface area (Å²) in [4.78, 5) is 15.7. The lowest BCUT2D eigenvalue weighted by molar-refractivity contribution is 0.102. The lowest BCUT2D eigenvalue weighted by Crippen LogP contribution is -2.13. The van der Waals surface area contributed by atoms with Gasteiger partial charge in [0.1, 0.15) is 11.0 Å². The SMILES string of the molecule is O=C(Nc1c(F)cccc1Br)c1cnc(Cl)c(Cl)c1. The number of halogens is 4. The fourth-order valence-electron chi connectivity index (χ4n) is 1.35. The molecule has 0 unspecified atom stereocenters. The van der Waals surface area contributed by atoms with Gasteiger partial charge < -0.3 is 5.32 Å². The first-order chi connectivity index (χ1) is 8.99. The average molecular weight is 364 g/mol. The van der Waals surface area contributed by atoms with Crippen molar-refractivity contribution in [2.24, 2.45) is 0 Å². The summed E-state index contributed by atoms with van der Waals surface area (Å²) in [5, 5.41) is 2.70. The molecule has 0 saturated heterocycles. The van der Waals surface area contributed by atoms with Gasteiger partial charge in [0.15, 0.2) is 0 Å². The average Bonchev–Trinajstić information content (AvgIpc) is 2.37. The van der Waals surface area contributed by atoms with Crippen molar-refractivity contribution in [1.82, 2.24) is 4.98 Å². The van der Waals surface area contributed by atoms with Crippen molar-refractivity contribution in [2.45, 2.75) is 0 Å². The van der Waals surface area contributed by atoms with E-state index in [2.05, 4.69) is 26.2 Å². The van der Waals surface area contributed by atoms with E-state index in [0.29, 0.717) is 4.47 Å². The number of anilines is 1. The maximum Gasteiger partial charge on any atom is 0.257 e. The molecule has 0 aliphatic carbocycles. The number of nitrogens with one attached hydrogen (secondary N) is 1. The number of pyridine rings is 1. The van der Waals surface area contributed by atoms with Gasteiger partial charge in [0.05, 0.1) is 16.3 Å². The maximum absolute atomic E-state index is 13.6. The third-order valence-electron chi connectivity index (χ3n) is 2.26. The zero-order valence-corrected chi connectivity index (χ0v) is 12.4. The second-order valence-electron chi connectivity index (χ2n) is 3.55. The number of hydrogen-bond donors (Lipinski definition) is 1. The Kier molecular flexibility index (Phi) is 4.39. The Balaban J connectivity index is 2.28. The number of rotatable bonds is 2. The Hall–Kier alpha value is -1.17. The molecule has 2 rings (SSSR count). The van der Waals surface area contributed by atoms with Crippen LogP contribution in [0.4, 0.5) is 10.1 Å². The quantitative estimate of drug-likeness (QED) is 0.795. The predicted octanol–water partition coefficient (Wildman–Crippen LogP) is 4.54. The van der Waals surface area contributed by atoms with Crippen LogP contribution in [0.5, 0.6) is 0 Å². The van der Waals surface area contributed by atoms with E-state index in [1.165, 1.54) is 24.4 Å². The monoisotopic (exact) mass is 362 g/mol. The lowest BCUT2D eigenvalue weighted by Gasteiger charge is -2.08. The molecule has 1 aromatic carbocycles. The van der Waals surface area contributed by atoms with Crippen molar-refractivity contribution in [3.05, 3.63) is 56.5 Å². The third-order valence-corrected chi connectivity index (χ3v) is 3.61. The fourth-order valence-corrected chi connectivity index (χ4v) is 2.06. The minimum atomic E-state index is -0.546. The van der Waals surface area contributed by atoms with Gasteiger partial charge in [0.2, 0.25) is 0 Å². The van der Waals surface area contributed by atoms with Gasteiger partial charge in [0, 0.05) is 10.7 Å². The summed E-state index contributed by atoms with van der Waals surface area (Å²) in [5.41, 5.74) is 0.239. The molecule has 0 radical (unpaired) electrons. The van der Waals surface area contributed by atoms with E-state index in [0.717, 1.165) is 0 Å². The van der Waals surface area contributed by atoms with Gasteiger partial charge in [0.25, 0.3) is 5.91 Å². The molecule has 0 spiro atoms. The van der Waals surface area contributed by atoms with Crippen LogP contribution in [-0.4, -0.2) is 10.9 Å². The zero-order valence-electron chi connectivity index (χ0n) is 9.25. The largest absolute Gasteiger partial charge is 0.318 e. The van der Waals surface area contributed by atoms with E-state index in [1.54, 1.807) is 6.07 Å². The summed E-state index contributed by atoms with van der Waals surface area (Å²) >= 11 is 14.6. The van der Waals surface area contributed by atoms with Gasteiger partial charge in [-0.15, -0.1) is 0 Å². The predicted molar refractivity (Wildman–Crippen MR) is 76.3 cm³/mol. The molecule has 7 heteroatoms. The number of aromatic nitrogens is 1. The number of nitrogens with zero attached hydrogens (tertiary/aromatic N) is 1. The molecular weight excluding hydrogens is 358 g/mol. The number of amides is 1. The van der Waals surface area contributed by atoms with Crippen molar-refractivity contribution in [3.63, 3.8) is 0 Å². The second kappa shape index (κ2) is 5.86. The number of hydrogen-bond acceptors (Lipinski definition) is 2. The fraction of sp³-hybridized carbons (Fsp3) is 0. The van der Waals surface area contributed by atoms with Crippen LogP contribution in [-0.2, 0) is 0 Å². The molecular formula is C12H6BrCl2FN2O. The number of carbonyl (C=O) groups excluding carboxylic acids is 1. The van der Waals surface area contributed by atoms with Crippen LogP contribution < -0.4 is 5.32 Å². The van der Waals surface area contributed by atoms with Gasteiger partial charge in [-0.25, -0.2) is 9.37 Å². The highest BCUT2D eigenvalue weighted by atomic mass is 79.9. The van der Waals surface area contributed by atoms with Crippen LogP contribution in [0.25, 0.3) is 0 Å². The van der Waals surface area contributed by atoms with Crippen molar-refractivity contribution >= 4 is 50.7 Å². The van der Waals surface area contributed by atoms with Crippen molar-refractivity contribution < 1.29 is 9.18 Å². The molecule has 3 nitrogen and oxygen atoms in total. The maximum atomic E-state index is 13.6. The number of para-hydroxylation sites is 1. The molecule has 0 aliphatic rings. The lowest BCUT2D eigenvalue weighted by atomic mass is 10.2. The molecule has 1 aromatic heterocycles. The van der Waals surface area contributed by atoms with E-state index >= 15 is 0 Å². The van der Waals surface area contributed by atoms with Crippen LogP contribution in [0.2, 0.25) is 10.2 Å². The molecule has 0 bridgehead atoms. The van der Waals surface area contributed by atoms with Crippen molar-refractivity contribution in [1.29, 1.82) is 0 Å². The van der Waals surface area contributed by atoms with Gasteiger partial charge in [-0.1, -0.05) is 29.3 Å². The Bertz CT molecular complexity index is 631. The zero-order chi connectivity index (χ0) is 14.0. The molecule has 19 heavy (non-hydrogen) atoms. The molecule has 2 aromatic rings. The van der Waals surface area contributed by atoms with Crippen molar-refractivity contribution in [2.75, 3.05) is 5.32 Å². The third kappa shape index (κ3) is 3.23. The Morgan fingerprint density at radius 1 is 1.37 bits per heavy atom.